The Kier molecular flexibility index (Phi) is 5.93. The van der Waals surface area contributed by atoms with Crippen LogP contribution in [-0.2, 0) is 0 Å². The van der Waals surface area contributed by atoms with Crippen LogP contribution in [0.15, 0.2) is 42.5 Å². The highest BCUT2D eigenvalue weighted by molar-refractivity contribution is 7.22. The molecule has 0 aliphatic heterocycles. The van der Waals surface area contributed by atoms with E-state index in [0.29, 0.717) is 28.7 Å². The van der Waals surface area contributed by atoms with Gasteiger partial charge in [-0.25, -0.2) is 4.98 Å². The first-order valence-corrected chi connectivity index (χ1v) is 9.54. The van der Waals surface area contributed by atoms with Gasteiger partial charge >= 0.3 is 0 Å². The minimum absolute atomic E-state index is 0.119. The number of hydrogen-bond donors (Lipinski definition) is 1. The number of rotatable bonds is 7. The number of ether oxygens (including phenoxy) is 2. The molecule has 0 saturated carbocycles. The van der Waals surface area contributed by atoms with Crippen LogP contribution in [0, 0.1) is 0 Å². The Balaban J connectivity index is 2.04. The SMILES string of the molecule is COc1ccccc1C(=O)N(CC[NH+](C)C)c1nc2c(OC)cccc2s1. The number of likely N-dealkylation sites (N-methyl/N-ethyl adjacent to an activating group) is 1. The molecular formula is C20H24N3O3S+. The van der Waals surface area contributed by atoms with Gasteiger partial charge in [0.25, 0.3) is 5.91 Å². The number of aromatic nitrogens is 1. The highest BCUT2D eigenvalue weighted by atomic mass is 32.1. The molecule has 0 radical (unpaired) electrons. The molecular weight excluding hydrogens is 362 g/mol. The second-order valence-corrected chi connectivity index (χ2v) is 7.43. The maximum atomic E-state index is 13.3. The summed E-state index contributed by atoms with van der Waals surface area (Å²) in [5.74, 6) is 1.15. The van der Waals surface area contributed by atoms with Crippen LogP contribution in [-0.4, -0.2) is 52.3 Å². The Morgan fingerprint density at radius 1 is 1.07 bits per heavy atom. The fourth-order valence-corrected chi connectivity index (χ4v) is 3.79. The molecule has 0 saturated heterocycles. The first-order chi connectivity index (χ1) is 13.0. The molecule has 0 bridgehead atoms. The third kappa shape index (κ3) is 4.04. The van der Waals surface area contributed by atoms with E-state index in [-0.39, 0.29) is 5.91 Å². The van der Waals surface area contributed by atoms with Gasteiger partial charge in [0.1, 0.15) is 17.0 Å². The lowest BCUT2D eigenvalue weighted by atomic mass is 10.1. The summed E-state index contributed by atoms with van der Waals surface area (Å²) in [5.41, 5.74) is 1.30. The molecule has 3 rings (SSSR count). The molecule has 6 nitrogen and oxygen atoms in total. The smallest absolute Gasteiger partial charge is 0.264 e. The topological polar surface area (TPSA) is 56.1 Å². The molecule has 7 heteroatoms. The van der Waals surface area contributed by atoms with Gasteiger partial charge in [0.05, 0.1) is 51.7 Å². The fraction of sp³-hybridized carbons (Fsp3) is 0.300. The van der Waals surface area contributed by atoms with Crippen molar-refractivity contribution in [3.05, 3.63) is 48.0 Å². The lowest BCUT2D eigenvalue weighted by Gasteiger charge is -2.21. The van der Waals surface area contributed by atoms with E-state index in [2.05, 4.69) is 14.1 Å². The molecule has 1 aromatic heterocycles. The minimum Gasteiger partial charge on any atom is -0.496 e. The number of thiazole rings is 1. The predicted molar refractivity (Wildman–Crippen MR) is 109 cm³/mol. The van der Waals surface area contributed by atoms with E-state index in [0.717, 1.165) is 16.8 Å². The lowest BCUT2D eigenvalue weighted by molar-refractivity contribution is -0.856. The largest absolute Gasteiger partial charge is 0.496 e. The van der Waals surface area contributed by atoms with Gasteiger partial charge in [0, 0.05) is 0 Å². The number of amides is 1. The van der Waals surface area contributed by atoms with E-state index in [1.54, 1.807) is 31.3 Å². The van der Waals surface area contributed by atoms with E-state index in [1.807, 2.05) is 30.3 Å². The number of anilines is 1. The highest BCUT2D eigenvalue weighted by Gasteiger charge is 2.25. The summed E-state index contributed by atoms with van der Waals surface area (Å²) in [5, 5.41) is 0.659. The van der Waals surface area contributed by atoms with E-state index in [9.17, 15) is 4.79 Å². The maximum absolute atomic E-state index is 13.3. The molecule has 3 aromatic rings. The first kappa shape index (κ1) is 19.1. The predicted octanol–water partition coefficient (Wildman–Crippen LogP) is 2.10. The number of quaternary nitrogens is 1. The molecule has 2 aromatic carbocycles. The molecule has 0 aliphatic rings. The number of fused-ring (bicyclic) bond motifs is 1. The van der Waals surface area contributed by atoms with Gasteiger partial charge in [-0.3, -0.25) is 9.69 Å². The van der Waals surface area contributed by atoms with E-state index >= 15 is 0 Å². The van der Waals surface area contributed by atoms with Crippen molar-refractivity contribution in [2.75, 3.05) is 46.3 Å². The Bertz CT molecular complexity index is 939. The molecule has 0 aliphatic carbocycles. The third-order valence-corrected chi connectivity index (χ3v) is 5.28. The summed E-state index contributed by atoms with van der Waals surface area (Å²) in [4.78, 5) is 21.0. The summed E-state index contributed by atoms with van der Waals surface area (Å²) in [6.07, 6.45) is 0. The molecule has 0 fully saturated rings. The Labute approximate surface area is 162 Å². The molecule has 0 unspecified atom stereocenters. The average Bonchev–Trinajstić information content (AvgIpc) is 3.11. The van der Waals surface area contributed by atoms with Crippen LogP contribution in [0.3, 0.4) is 0 Å². The second-order valence-electron chi connectivity index (χ2n) is 6.42. The molecule has 1 N–H and O–H groups in total. The molecule has 142 valence electrons. The maximum Gasteiger partial charge on any atom is 0.264 e. The average molecular weight is 386 g/mol. The minimum atomic E-state index is -0.119. The second kappa shape index (κ2) is 8.37. The van der Waals surface area contributed by atoms with E-state index < -0.39 is 0 Å². The summed E-state index contributed by atoms with van der Waals surface area (Å²) in [6, 6.07) is 13.1. The van der Waals surface area contributed by atoms with Crippen molar-refractivity contribution in [3.8, 4) is 11.5 Å². The van der Waals surface area contributed by atoms with E-state index in [1.165, 1.54) is 16.2 Å². The summed E-state index contributed by atoms with van der Waals surface area (Å²) in [6.45, 7) is 1.36. The number of benzene rings is 2. The quantitative estimate of drug-likeness (QED) is 0.676. The van der Waals surface area contributed by atoms with Gasteiger partial charge in [0.2, 0.25) is 0 Å². The standard InChI is InChI=1S/C20H23N3O3S/c1-22(2)12-13-23(19(24)14-8-5-6-9-15(14)25-3)20-21-18-16(26-4)10-7-11-17(18)27-20/h5-11H,12-13H2,1-4H3/p+1. The molecule has 0 spiro atoms. The summed E-state index contributed by atoms with van der Waals surface area (Å²) < 4.78 is 11.8. The third-order valence-electron chi connectivity index (χ3n) is 4.24. The number of carbonyl (C=O) groups excluding carboxylic acids is 1. The monoisotopic (exact) mass is 386 g/mol. The molecule has 0 atom stereocenters. The summed E-state index contributed by atoms with van der Waals surface area (Å²) >= 11 is 1.49. The van der Waals surface area contributed by atoms with Gasteiger partial charge in [-0.2, -0.15) is 0 Å². The zero-order valence-corrected chi connectivity index (χ0v) is 16.8. The lowest BCUT2D eigenvalue weighted by Crippen LogP contribution is -3.06. The van der Waals surface area contributed by atoms with Gasteiger partial charge in [-0.15, -0.1) is 0 Å². The van der Waals surface area contributed by atoms with Crippen molar-refractivity contribution in [1.29, 1.82) is 0 Å². The normalized spacial score (nSPS) is 11.0. The summed E-state index contributed by atoms with van der Waals surface area (Å²) in [7, 11) is 7.32. The van der Waals surface area contributed by atoms with Gasteiger partial charge < -0.3 is 14.4 Å². The first-order valence-electron chi connectivity index (χ1n) is 8.72. The van der Waals surface area contributed by atoms with Crippen molar-refractivity contribution in [1.82, 2.24) is 4.98 Å². The Hall–Kier alpha value is -2.64. The van der Waals surface area contributed by atoms with Crippen LogP contribution in [0.1, 0.15) is 10.4 Å². The van der Waals surface area contributed by atoms with Crippen LogP contribution in [0.2, 0.25) is 0 Å². The molecule has 1 heterocycles. The number of methoxy groups -OCH3 is 2. The number of carbonyl (C=O) groups is 1. The molecule has 27 heavy (non-hydrogen) atoms. The number of nitrogens with one attached hydrogen (secondary N) is 1. The highest BCUT2D eigenvalue weighted by Crippen LogP contribution is 2.35. The van der Waals surface area contributed by atoms with Crippen LogP contribution in [0.25, 0.3) is 10.2 Å². The number of para-hydroxylation sites is 2. The van der Waals surface area contributed by atoms with Crippen LogP contribution < -0.4 is 19.3 Å². The fourth-order valence-electron chi connectivity index (χ4n) is 2.78. The van der Waals surface area contributed by atoms with Crippen molar-refractivity contribution >= 4 is 32.6 Å². The number of nitrogens with zero attached hydrogens (tertiary/aromatic N) is 2. The van der Waals surface area contributed by atoms with Crippen LogP contribution in [0.4, 0.5) is 5.13 Å². The number of hydrogen-bond acceptors (Lipinski definition) is 5. The van der Waals surface area contributed by atoms with Crippen LogP contribution in [0.5, 0.6) is 11.5 Å². The molecule has 1 amide bonds. The van der Waals surface area contributed by atoms with Gasteiger partial charge in [0.15, 0.2) is 5.13 Å². The van der Waals surface area contributed by atoms with Gasteiger partial charge in [-0.05, 0) is 24.3 Å². The van der Waals surface area contributed by atoms with Crippen molar-refractivity contribution in [3.63, 3.8) is 0 Å². The van der Waals surface area contributed by atoms with Crippen LogP contribution >= 0.6 is 11.3 Å². The Morgan fingerprint density at radius 2 is 1.78 bits per heavy atom. The zero-order chi connectivity index (χ0) is 19.4. The Morgan fingerprint density at radius 3 is 2.48 bits per heavy atom. The zero-order valence-electron chi connectivity index (χ0n) is 16.0. The van der Waals surface area contributed by atoms with Gasteiger partial charge in [-0.1, -0.05) is 29.5 Å². The van der Waals surface area contributed by atoms with Crippen molar-refractivity contribution in [2.45, 2.75) is 0 Å². The van der Waals surface area contributed by atoms with Crippen molar-refractivity contribution in [2.24, 2.45) is 0 Å². The van der Waals surface area contributed by atoms with Crippen molar-refractivity contribution < 1.29 is 19.2 Å². The van der Waals surface area contributed by atoms with E-state index in [4.69, 9.17) is 14.5 Å².